The van der Waals surface area contributed by atoms with Gasteiger partial charge in [0.15, 0.2) is 11.5 Å². The Morgan fingerprint density at radius 2 is 2.05 bits per heavy atom. The number of rotatable bonds is 8. The number of carbonyl (C=O) groups excluding carboxylic acids is 2. The predicted molar refractivity (Wildman–Crippen MR) is 151 cm³/mol. The maximum absolute atomic E-state index is 13.2. The van der Waals surface area contributed by atoms with Crippen LogP contribution in [0.4, 0.5) is 0 Å². The molecule has 4 heterocycles. The number of aromatic nitrogens is 5. The number of esters is 1. The Hall–Kier alpha value is -3.64. The number of ether oxygens (including phenoxy) is 3. The molecule has 224 valence electrons. The smallest absolute Gasteiger partial charge is 0.358 e. The molecular weight excluding hydrogens is 540 g/mol. The number of nitrogens with zero attached hydrogens (tertiary/aromatic N) is 6. The summed E-state index contributed by atoms with van der Waals surface area (Å²) in [5, 5.41) is 8.87. The van der Waals surface area contributed by atoms with E-state index in [0.717, 1.165) is 62.7 Å². The van der Waals surface area contributed by atoms with Gasteiger partial charge >= 0.3 is 5.97 Å². The van der Waals surface area contributed by atoms with E-state index in [9.17, 15) is 9.59 Å². The van der Waals surface area contributed by atoms with E-state index in [1.54, 1.807) is 32.4 Å². The average Bonchev–Trinajstić information content (AvgIpc) is 3.73. The number of likely N-dealkylation sites (tertiary alicyclic amines) is 1. The lowest BCUT2D eigenvalue weighted by molar-refractivity contribution is -0.127. The Kier molecular flexibility index (Phi) is 7.84. The second-order valence-electron chi connectivity index (χ2n) is 11.5. The molecule has 0 radical (unpaired) electrons. The standard InChI is InChI=1S/C30H38N6O6/c1-5-40-29(38)20-11-16-36(33-20)23-17-24(41-18(2)25-21(39-4)12-15-35(25)3)32-28(31-23)26-19-9-8-14-30(27(19)34-42-26)13-7-6-10-22(30)37/h11,16-18,21,25H,5-10,12-15H2,1-4H3/t18-,21-,25+,30+/m0/s1. The summed E-state index contributed by atoms with van der Waals surface area (Å²) in [7, 11) is 3.78. The third-order valence-electron chi connectivity index (χ3n) is 9.01. The van der Waals surface area contributed by atoms with Crippen LogP contribution in [-0.4, -0.2) is 87.1 Å². The minimum Gasteiger partial charge on any atom is -0.473 e. The van der Waals surface area contributed by atoms with Crippen LogP contribution in [0.2, 0.25) is 0 Å². The number of ketones is 1. The van der Waals surface area contributed by atoms with Gasteiger partial charge in [-0.3, -0.25) is 9.69 Å². The van der Waals surface area contributed by atoms with Crippen LogP contribution in [0, 0.1) is 0 Å². The van der Waals surface area contributed by atoms with E-state index in [-0.39, 0.29) is 36.3 Å². The lowest BCUT2D eigenvalue weighted by atomic mass is 9.64. The SMILES string of the molecule is CCOC(=O)c1ccn(-c2cc(O[C@@H](C)[C@@H]3[C@@H](OC)CCN3C)nc(-c3onc4c3CCC[C@@]43CCCCC3=O)n2)n1. The fourth-order valence-electron chi connectivity index (χ4n) is 6.95. The van der Waals surface area contributed by atoms with Crippen molar-refractivity contribution in [2.45, 2.75) is 88.9 Å². The molecule has 0 N–H and O–H groups in total. The first-order valence-corrected chi connectivity index (χ1v) is 14.9. The Labute approximate surface area is 244 Å². The van der Waals surface area contributed by atoms with Gasteiger partial charge in [0.2, 0.25) is 17.5 Å². The molecular formula is C30H38N6O6. The van der Waals surface area contributed by atoms with E-state index in [4.69, 9.17) is 28.7 Å². The number of hydrogen-bond acceptors (Lipinski definition) is 11. The molecule has 42 heavy (non-hydrogen) atoms. The highest BCUT2D eigenvalue weighted by atomic mass is 16.5. The number of likely N-dealkylation sites (N-methyl/N-ethyl adjacent to an activating group) is 1. The number of methoxy groups -OCH3 is 1. The molecule has 1 saturated heterocycles. The van der Waals surface area contributed by atoms with E-state index < -0.39 is 11.4 Å². The van der Waals surface area contributed by atoms with Crippen molar-refractivity contribution in [3.8, 4) is 23.3 Å². The van der Waals surface area contributed by atoms with Crippen LogP contribution in [-0.2, 0) is 26.1 Å². The van der Waals surface area contributed by atoms with Crippen molar-refractivity contribution in [1.29, 1.82) is 0 Å². The fourth-order valence-corrected chi connectivity index (χ4v) is 6.95. The van der Waals surface area contributed by atoms with Crippen molar-refractivity contribution in [2.75, 3.05) is 27.3 Å². The Balaban J connectivity index is 1.40. The summed E-state index contributed by atoms with van der Waals surface area (Å²) in [6.45, 7) is 4.90. The second-order valence-corrected chi connectivity index (χ2v) is 11.5. The van der Waals surface area contributed by atoms with Gasteiger partial charge in [-0.2, -0.15) is 10.1 Å². The van der Waals surface area contributed by atoms with Gasteiger partial charge in [0.05, 0.1) is 24.2 Å². The van der Waals surface area contributed by atoms with E-state index >= 15 is 0 Å². The topological polar surface area (TPSA) is 135 Å². The molecule has 1 saturated carbocycles. The number of fused-ring (bicyclic) bond motifs is 2. The van der Waals surface area contributed by atoms with E-state index in [2.05, 4.69) is 22.2 Å². The molecule has 12 heteroatoms. The highest BCUT2D eigenvalue weighted by Gasteiger charge is 2.48. The molecule has 0 unspecified atom stereocenters. The molecule has 0 aromatic carbocycles. The number of hydrogen-bond donors (Lipinski definition) is 0. The highest BCUT2D eigenvalue weighted by Crippen LogP contribution is 2.47. The lowest BCUT2D eigenvalue weighted by Gasteiger charge is -2.37. The molecule has 12 nitrogen and oxygen atoms in total. The molecule has 1 spiro atoms. The third kappa shape index (κ3) is 5.00. The van der Waals surface area contributed by atoms with Gasteiger partial charge in [-0.15, -0.1) is 0 Å². The van der Waals surface area contributed by atoms with Crippen LogP contribution in [0.3, 0.4) is 0 Å². The number of carbonyl (C=O) groups is 2. The summed E-state index contributed by atoms with van der Waals surface area (Å²) in [5.41, 5.74) is 1.20. The fraction of sp³-hybridized carbons (Fsp3) is 0.600. The van der Waals surface area contributed by atoms with Crippen molar-refractivity contribution < 1.29 is 28.3 Å². The Bertz CT molecular complexity index is 1470. The first kappa shape index (κ1) is 28.5. The van der Waals surface area contributed by atoms with Crippen molar-refractivity contribution in [1.82, 2.24) is 29.8 Å². The zero-order valence-electron chi connectivity index (χ0n) is 24.7. The predicted octanol–water partition coefficient (Wildman–Crippen LogP) is 3.70. The summed E-state index contributed by atoms with van der Waals surface area (Å²) in [5.74, 6) is 1.18. The third-order valence-corrected chi connectivity index (χ3v) is 9.01. The largest absolute Gasteiger partial charge is 0.473 e. The van der Waals surface area contributed by atoms with Gasteiger partial charge in [0, 0.05) is 37.9 Å². The van der Waals surface area contributed by atoms with Crippen molar-refractivity contribution in [3.63, 3.8) is 0 Å². The van der Waals surface area contributed by atoms with Crippen LogP contribution < -0.4 is 4.74 Å². The van der Waals surface area contributed by atoms with Crippen molar-refractivity contribution >= 4 is 11.8 Å². The minimum atomic E-state index is -0.586. The summed E-state index contributed by atoms with van der Waals surface area (Å²) in [4.78, 5) is 37.3. The molecule has 0 bridgehead atoms. The molecule has 4 atom stereocenters. The zero-order valence-corrected chi connectivity index (χ0v) is 24.7. The maximum atomic E-state index is 13.2. The maximum Gasteiger partial charge on any atom is 0.358 e. The normalized spacial score (nSPS) is 25.0. The monoisotopic (exact) mass is 578 g/mol. The highest BCUT2D eigenvalue weighted by molar-refractivity contribution is 5.91. The lowest BCUT2D eigenvalue weighted by Crippen LogP contribution is -2.44. The van der Waals surface area contributed by atoms with Crippen LogP contribution >= 0.6 is 0 Å². The summed E-state index contributed by atoms with van der Waals surface area (Å²) in [6.07, 6.45) is 7.99. The van der Waals surface area contributed by atoms with Crippen molar-refractivity contribution in [2.24, 2.45) is 0 Å². The van der Waals surface area contributed by atoms with Gasteiger partial charge in [0.1, 0.15) is 17.6 Å². The summed E-state index contributed by atoms with van der Waals surface area (Å²) in [6, 6.07) is 3.30. The van der Waals surface area contributed by atoms with Crippen molar-refractivity contribution in [3.05, 3.63) is 35.3 Å². The van der Waals surface area contributed by atoms with Gasteiger partial charge in [-0.05, 0) is 65.5 Å². The van der Waals surface area contributed by atoms with Gasteiger partial charge in [0.25, 0.3) is 0 Å². The summed E-state index contributed by atoms with van der Waals surface area (Å²) >= 11 is 0. The first-order valence-electron chi connectivity index (χ1n) is 14.9. The van der Waals surface area contributed by atoms with Crippen LogP contribution in [0.5, 0.6) is 5.88 Å². The average molecular weight is 579 g/mol. The zero-order chi connectivity index (χ0) is 29.4. The quantitative estimate of drug-likeness (QED) is 0.362. The van der Waals surface area contributed by atoms with E-state index in [1.807, 2.05) is 6.92 Å². The van der Waals surface area contributed by atoms with E-state index in [1.165, 1.54) is 4.68 Å². The second kappa shape index (κ2) is 11.6. The summed E-state index contributed by atoms with van der Waals surface area (Å²) < 4.78 is 24.7. The van der Waals surface area contributed by atoms with Gasteiger partial charge < -0.3 is 18.7 Å². The molecule has 3 aliphatic rings. The molecule has 1 aliphatic heterocycles. The molecule has 6 rings (SSSR count). The molecule has 3 aromatic heterocycles. The Morgan fingerprint density at radius 1 is 1.21 bits per heavy atom. The number of Topliss-reactive ketones (excluding diaryl/α,β-unsaturated/α-hetero) is 1. The Morgan fingerprint density at radius 3 is 2.83 bits per heavy atom. The van der Waals surface area contributed by atoms with Gasteiger partial charge in [-0.25, -0.2) is 14.5 Å². The van der Waals surface area contributed by atoms with Crippen LogP contribution in [0.25, 0.3) is 17.4 Å². The van der Waals surface area contributed by atoms with Crippen LogP contribution in [0.15, 0.2) is 22.9 Å². The molecule has 2 fully saturated rings. The molecule has 3 aromatic rings. The first-order chi connectivity index (χ1) is 20.3. The molecule has 0 amide bonds. The molecule has 2 aliphatic carbocycles. The minimum absolute atomic E-state index is 0.0344. The van der Waals surface area contributed by atoms with E-state index in [0.29, 0.717) is 29.7 Å². The van der Waals surface area contributed by atoms with Crippen LogP contribution in [0.1, 0.15) is 80.5 Å². The van der Waals surface area contributed by atoms with Gasteiger partial charge in [-0.1, -0.05) is 11.6 Å².